The number of alkyl halides is 2. The van der Waals surface area contributed by atoms with E-state index in [1.165, 1.54) is 69.1 Å². The normalized spacial score (nSPS) is 25.8. The van der Waals surface area contributed by atoms with Gasteiger partial charge in [0.05, 0.1) is 0 Å². The number of ether oxygens (including phenoxy) is 1. The lowest BCUT2D eigenvalue weighted by atomic mass is 9.63. The Labute approximate surface area is 189 Å². The fourth-order valence-corrected chi connectivity index (χ4v) is 5.87. The standard InChI is InChI=1S/C28H33F3O/c1-2-3-4-5-19-6-7-24-17-23(13-12-22(24)16-19)20-8-10-21(11-9-20)25-14-15-27(26(29)18-25)32-28(30)31/h2-3,8-11,14-15,18-19,22-24,28H,4-7,12-13,16-17H2,1H3/b3-2+. The molecule has 0 heterocycles. The molecule has 0 amide bonds. The third-order valence-corrected chi connectivity index (χ3v) is 7.56. The summed E-state index contributed by atoms with van der Waals surface area (Å²) in [6.07, 6.45) is 15.0. The Hall–Kier alpha value is -2.23. The summed E-state index contributed by atoms with van der Waals surface area (Å²) in [5.74, 6) is 2.06. The number of halogens is 3. The molecule has 4 atom stereocenters. The Kier molecular flexibility index (Phi) is 7.59. The first-order valence-electron chi connectivity index (χ1n) is 12.0. The van der Waals surface area contributed by atoms with Gasteiger partial charge in [0, 0.05) is 0 Å². The molecule has 2 aliphatic rings. The van der Waals surface area contributed by atoms with Crippen LogP contribution in [0.15, 0.2) is 54.6 Å². The molecule has 0 spiro atoms. The van der Waals surface area contributed by atoms with Crippen LogP contribution in [0, 0.1) is 23.6 Å². The number of fused-ring (bicyclic) bond motifs is 1. The van der Waals surface area contributed by atoms with Crippen LogP contribution in [-0.2, 0) is 0 Å². The monoisotopic (exact) mass is 442 g/mol. The van der Waals surface area contributed by atoms with Gasteiger partial charge in [0.2, 0.25) is 0 Å². The van der Waals surface area contributed by atoms with E-state index in [0.29, 0.717) is 11.5 Å². The first kappa shape index (κ1) is 22.9. The summed E-state index contributed by atoms with van der Waals surface area (Å²) in [5.41, 5.74) is 2.91. The molecule has 4 rings (SSSR count). The zero-order valence-corrected chi connectivity index (χ0v) is 18.8. The Morgan fingerprint density at radius 2 is 1.66 bits per heavy atom. The molecule has 0 radical (unpaired) electrons. The van der Waals surface area contributed by atoms with Gasteiger partial charge in [-0.05, 0) is 104 Å². The quantitative estimate of drug-likeness (QED) is 0.389. The second-order valence-electron chi connectivity index (χ2n) is 9.50. The predicted octanol–water partition coefficient (Wildman–Crippen LogP) is 8.75. The van der Waals surface area contributed by atoms with Gasteiger partial charge in [-0.3, -0.25) is 0 Å². The third-order valence-electron chi connectivity index (χ3n) is 7.56. The summed E-state index contributed by atoms with van der Waals surface area (Å²) in [5, 5.41) is 0. The highest BCUT2D eigenvalue weighted by Crippen LogP contribution is 2.48. The number of allylic oxidation sites excluding steroid dienone is 2. The van der Waals surface area contributed by atoms with Gasteiger partial charge in [0.25, 0.3) is 0 Å². The van der Waals surface area contributed by atoms with Crippen molar-refractivity contribution in [3.63, 3.8) is 0 Å². The van der Waals surface area contributed by atoms with Crippen LogP contribution in [0.5, 0.6) is 5.75 Å². The molecule has 2 aromatic carbocycles. The highest BCUT2D eigenvalue weighted by atomic mass is 19.3. The van der Waals surface area contributed by atoms with Gasteiger partial charge >= 0.3 is 6.61 Å². The van der Waals surface area contributed by atoms with E-state index in [2.05, 4.69) is 35.9 Å². The van der Waals surface area contributed by atoms with Gasteiger partial charge in [-0.1, -0.05) is 48.9 Å². The van der Waals surface area contributed by atoms with Crippen molar-refractivity contribution in [3.8, 4) is 16.9 Å². The smallest absolute Gasteiger partial charge is 0.387 e. The second kappa shape index (κ2) is 10.6. The lowest BCUT2D eigenvalue weighted by molar-refractivity contribution is -0.0521. The predicted molar refractivity (Wildman–Crippen MR) is 123 cm³/mol. The van der Waals surface area contributed by atoms with Crippen LogP contribution in [0.4, 0.5) is 13.2 Å². The Morgan fingerprint density at radius 3 is 2.38 bits per heavy atom. The molecular formula is C28H33F3O. The average molecular weight is 443 g/mol. The molecule has 2 saturated carbocycles. The van der Waals surface area contributed by atoms with Crippen LogP contribution in [0.1, 0.15) is 69.8 Å². The third kappa shape index (κ3) is 5.57. The summed E-state index contributed by atoms with van der Waals surface area (Å²) in [4.78, 5) is 0. The first-order valence-corrected chi connectivity index (χ1v) is 12.0. The Morgan fingerprint density at radius 1 is 0.938 bits per heavy atom. The van der Waals surface area contributed by atoms with E-state index in [4.69, 9.17) is 0 Å². The minimum Gasteiger partial charge on any atom is -0.432 e. The van der Waals surface area contributed by atoms with E-state index in [0.717, 1.165) is 23.3 Å². The molecule has 4 unspecified atom stereocenters. The van der Waals surface area contributed by atoms with E-state index in [9.17, 15) is 13.2 Å². The van der Waals surface area contributed by atoms with E-state index < -0.39 is 18.2 Å². The maximum absolute atomic E-state index is 14.1. The fourth-order valence-electron chi connectivity index (χ4n) is 5.87. The van der Waals surface area contributed by atoms with Crippen molar-refractivity contribution in [1.29, 1.82) is 0 Å². The summed E-state index contributed by atoms with van der Waals surface area (Å²) >= 11 is 0. The number of hydrogen-bond acceptors (Lipinski definition) is 1. The largest absolute Gasteiger partial charge is 0.432 e. The minimum atomic E-state index is -3.03. The molecule has 0 saturated heterocycles. The SMILES string of the molecule is C/C=C/CCC1CCC2CC(c3ccc(-c4ccc(OC(F)F)c(F)c4)cc3)CCC2C1. The summed E-state index contributed by atoms with van der Waals surface area (Å²) in [7, 11) is 0. The van der Waals surface area contributed by atoms with Crippen molar-refractivity contribution in [2.75, 3.05) is 0 Å². The molecule has 2 aliphatic carbocycles. The lowest BCUT2D eigenvalue weighted by Crippen LogP contribution is -2.30. The molecule has 32 heavy (non-hydrogen) atoms. The molecule has 2 aromatic rings. The zero-order chi connectivity index (χ0) is 22.5. The lowest BCUT2D eigenvalue weighted by Gasteiger charge is -2.42. The molecule has 0 N–H and O–H groups in total. The number of rotatable bonds is 7. The van der Waals surface area contributed by atoms with E-state index in [-0.39, 0.29) is 0 Å². The van der Waals surface area contributed by atoms with Crippen LogP contribution in [0.25, 0.3) is 11.1 Å². The van der Waals surface area contributed by atoms with Gasteiger partial charge < -0.3 is 4.74 Å². The van der Waals surface area contributed by atoms with Crippen LogP contribution < -0.4 is 4.74 Å². The molecule has 1 nitrogen and oxygen atoms in total. The van der Waals surface area contributed by atoms with E-state index in [1.54, 1.807) is 6.07 Å². The molecular weight excluding hydrogens is 409 g/mol. The van der Waals surface area contributed by atoms with Crippen molar-refractivity contribution in [1.82, 2.24) is 0 Å². The van der Waals surface area contributed by atoms with Gasteiger partial charge in [0.1, 0.15) is 0 Å². The van der Waals surface area contributed by atoms with Gasteiger partial charge in [-0.15, -0.1) is 0 Å². The molecule has 0 bridgehead atoms. The van der Waals surface area contributed by atoms with Crippen LogP contribution >= 0.6 is 0 Å². The van der Waals surface area contributed by atoms with Gasteiger partial charge in [-0.2, -0.15) is 8.78 Å². The number of hydrogen-bond donors (Lipinski definition) is 0. The maximum Gasteiger partial charge on any atom is 0.387 e. The summed E-state index contributed by atoms with van der Waals surface area (Å²) in [6, 6.07) is 12.5. The molecule has 2 fully saturated rings. The molecule has 0 aliphatic heterocycles. The average Bonchev–Trinajstić information content (AvgIpc) is 2.80. The van der Waals surface area contributed by atoms with Crippen molar-refractivity contribution < 1.29 is 17.9 Å². The van der Waals surface area contributed by atoms with Crippen LogP contribution in [0.2, 0.25) is 0 Å². The van der Waals surface area contributed by atoms with Crippen LogP contribution in [-0.4, -0.2) is 6.61 Å². The maximum atomic E-state index is 14.1. The second-order valence-corrected chi connectivity index (χ2v) is 9.50. The highest BCUT2D eigenvalue weighted by Gasteiger charge is 2.35. The fraction of sp³-hybridized carbons (Fsp3) is 0.500. The Bertz CT molecular complexity index is 905. The van der Waals surface area contributed by atoms with Crippen LogP contribution in [0.3, 0.4) is 0 Å². The highest BCUT2D eigenvalue weighted by molar-refractivity contribution is 5.64. The van der Waals surface area contributed by atoms with E-state index >= 15 is 0 Å². The van der Waals surface area contributed by atoms with Gasteiger partial charge in [-0.25, -0.2) is 4.39 Å². The topological polar surface area (TPSA) is 9.23 Å². The zero-order valence-electron chi connectivity index (χ0n) is 18.8. The van der Waals surface area contributed by atoms with Gasteiger partial charge in [0.15, 0.2) is 11.6 Å². The summed E-state index contributed by atoms with van der Waals surface area (Å²) < 4.78 is 43.0. The van der Waals surface area contributed by atoms with E-state index in [1.807, 2.05) is 12.1 Å². The Balaban J connectivity index is 1.36. The van der Waals surface area contributed by atoms with Crippen molar-refractivity contribution in [2.24, 2.45) is 17.8 Å². The number of benzene rings is 2. The molecule has 172 valence electrons. The first-order chi connectivity index (χ1) is 15.5. The van der Waals surface area contributed by atoms with Crippen molar-refractivity contribution in [2.45, 2.75) is 70.8 Å². The summed E-state index contributed by atoms with van der Waals surface area (Å²) in [6.45, 7) is -0.928. The van der Waals surface area contributed by atoms with Crippen molar-refractivity contribution >= 4 is 0 Å². The van der Waals surface area contributed by atoms with Crippen molar-refractivity contribution in [3.05, 3.63) is 66.0 Å². The molecule has 0 aromatic heterocycles. The molecule has 4 heteroatoms. The minimum absolute atomic E-state index is 0.423.